The van der Waals surface area contributed by atoms with Gasteiger partial charge >= 0.3 is 5.97 Å². The van der Waals surface area contributed by atoms with E-state index < -0.39 is 17.6 Å². The van der Waals surface area contributed by atoms with Gasteiger partial charge in [-0.2, -0.15) is 0 Å². The van der Waals surface area contributed by atoms with E-state index in [9.17, 15) is 18.7 Å². The van der Waals surface area contributed by atoms with Gasteiger partial charge < -0.3 is 23.9 Å². The molecule has 2 aliphatic heterocycles. The first-order valence-electron chi connectivity index (χ1n) is 14.1. The highest BCUT2D eigenvalue weighted by Crippen LogP contribution is 2.28. The Labute approximate surface area is 241 Å². The van der Waals surface area contributed by atoms with Crippen molar-refractivity contribution in [3.8, 4) is 11.5 Å². The number of pyridine rings is 1. The average molecular weight is 579 g/mol. The predicted molar refractivity (Wildman–Crippen MR) is 149 cm³/mol. The summed E-state index contributed by atoms with van der Waals surface area (Å²) in [6.45, 7) is 5.02. The maximum Gasteiger partial charge on any atom is 0.335 e. The zero-order chi connectivity index (χ0) is 29.2. The molecule has 42 heavy (non-hydrogen) atoms. The van der Waals surface area contributed by atoms with Gasteiger partial charge in [0.15, 0.2) is 11.6 Å². The van der Waals surface area contributed by atoms with E-state index in [0.29, 0.717) is 24.5 Å². The van der Waals surface area contributed by atoms with E-state index in [4.69, 9.17) is 19.2 Å². The van der Waals surface area contributed by atoms with Crippen molar-refractivity contribution in [2.24, 2.45) is 0 Å². The van der Waals surface area contributed by atoms with Crippen LogP contribution in [0.25, 0.3) is 11.0 Å². The van der Waals surface area contributed by atoms with Gasteiger partial charge in [0.05, 0.1) is 41.5 Å². The number of fused-ring (bicyclic) bond motifs is 1. The van der Waals surface area contributed by atoms with Gasteiger partial charge in [0.1, 0.15) is 30.1 Å². The summed E-state index contributed by atoms with van der Waals surface area (Å²) in [6, 6.07) is 12.0. The molecule has 4 aromatic rings. The van der Waals surface area contributed by atoms with Crippen LogP contribution in [0, 0.1) is 11.6 Å². The molecule has 0 amide bonds. The lowest BCUT2D eigenvalue weighted by atomic mass is 10.0. The minimum absolute atomic E-state index is 0.00211. The van der Waals surface area contributed by atoms with Crippen LogP contribution in [0.2, 0.25) is 0 Å². The van der Waals surface area contributed by atoms with Crippen molar-refractivity contribution in [1.29, 1.82) is 0 Å². The van der Waals surface area contributed by atoms with Crippen molar-refractivity contribution in [3.63, 3.8) is 0 Å². The number of piperidine rings is 1. The molecule has 2 aliphatic rings. The lowest BCUT2D eigenvalue weighted by Gasteiger charge is -2.37. The Morgan fingerprint density at radius 1 is 1.14 bits per heavy atom. The second-order valence-corrected chi connectivity index (χ2v) is 10.9. The molecule has 0 unspecified atom stereocenters. The molecule has 0 spiro atoms. The molecule has 1 N–H and O–H groups in total. The molecule has 6 rings (SSSR count). The number of ether oxygens (including phenoxy) is 3. The molecule has 0 radical (unpaired) electrons. The molecular weight excluding hydrogens is 546 g/mol. The van der Waals surface area contributed by atoms with Gasteiger partial charge in [-0.05, 0) is 62.6 Å². The molecule has 2 aromatic carbocycles. The summed E-state index contributed by atoms with van der Waals surface area (Å²) < 4.78 is 46.6. The number of carbonyl (C=O) groups is 1. The number of benzene rings is 2. The van der Waals surface area contributed by atoms with Gasteiger partial charge in [0, 0.05) is 37.5 Å². The summed E-state index contributed by atoms with van der Waals surface area (Å²) in [5.41, 5.74) is 2.40. The van der Waals surface area contributed by atoms with Gasteiger partial charge in [-0.3, -0.25) is 9.88 Å². The summed E-state index contributed by atoms with van der Waals surface area (Å²) in [5, 5.41) is 9.51. The summed E-state index contributed by atoms with van der Waals surface area (Å²) >= 11 is 0. The smallest absolute Gasteiger partial charge is 0.335 e. The molecule has 2 aromatic heterocycles. The van der Waals surface area contributed by atoms with Gasteiger partial charge in [-0.1, -0.05) is 0 Å². The topological polar surface area (TPSA) is 98.9 Å². The summed E-state index contributed by atoms with van der Waals surface area (Å²) in [5.74, 6) is -0.875. The quantitative estimate of drug-likeness (QED) is 0.274. The number of imidazole rings is 1. The molecule has 3 atom stereocenters. The molecule has 0 bridgehead atoms. The largest absolute Gasteiger partial charge is 0.490 e. The predicted octanol–water partition coefficient (Wildman–Crippen LogP) is 5.21. The van der Waals surface area contributed by atoms with Crippen LogP contribution in [-0.2, 0) is 24.4 Å². The second kappa shape index (κ2) is 12.0. The first-order valence-corrected chi connectivity index (χ1v) is 14.1. The number of rotatable bonds is 10. The second-order valence-electron chi connectivity index (χ2n) is 10.9. The van der Waals surface area contributed by atoms with E-state index in [1.54, 1.807) is 36.5 Å². The molecule has 2 fully saturated rings. The zero-order valence-electron chi connectivity index (χ0n) is 23.2. The zero-order valence-corrected chi connectivity index (χ0v) is 23.2. The third kappa shape index (κ3) is 6.22. The number of carboxylic acid groups (broad SMARTS) is 1. The van der Waals surface area contributed by atoms with Crippen LogP contribution < -0.4 is 9.47 Å². The number of nitrogens with zero attached hydrogens (tertiary/aromatic N) is 4. The Morgan fingerprint density at radius 3 is 2.74 bits per heavy atom. The first-order chi connectivity index (χ1) is 20.3. The lowest BCUT2D eigenvalue weighted by Crippen LogP contribution is -2.44. The van der Waals surface area contributed by atoms with E-state index in [1.165, 1.54) is 6.07 Å². The molecule has 4 heterocycles. The Morgan fingerprint density at radius 2 is 2.00 bits per heavy atom. The molecule has 0 aliphatic carbocycles. The average Bonchev–Trinajstić information content (AvgIpc) is 3.28. The highest BCUT2D eigenvalue weighted by Gasteiger charge is 2.29. The number of aromatic nitrogens is 3. The molecule has 220 valence electrons. The minimum Gasteiger partial charge on any atom is -0.490 e. The number of hydrogen-bond acceptors (Lipinski definition) is 7. The van der Waals surface area contributed by atoms with Crippen LogP contribution in [0.4, 0.5) is 8.78 Å². The Balaban J connectivity index is 1.09. The SMILES string of the molecule is C[C@H]1C[C@@H](Oc2ccnc(COc3ccc(F)cc3F)c2)CCN1Cc1nc2ccc(C(=O)O)cc2n1C[C@@H]1CCO1. The van der Waals surface area contributed by atoms with Gasteiger partial charge in [0.25, 0.3) is 0 Å². The number of likely N-dealkylation sites (tertiary alicyclic amines) is 1. The minimum atomic E-state index is -0.961. The van der Waals surface area contributed by atoms with Crippen molar-refractivity contribution >= 4 is 17.0 Å². The van der Waals surface area contributed by atoms with Crippen LogP contribution in [0.3, 0.4) is 0 Å². The number of carboxylic acids is 1. The first kappa shape index (κ1) is 28.0. The van der Waals surface area contributed by atoms with Gasteiger partial charge in [0.2, 0.25) is 0 Å². The Bertz CT molecular complexity index is 1590. The summed E-state index contributed by atoms with van der Waals surface area (Å²) in [7, 11) is 0. The lowest BCUT2D eigenvalue weighted by molar-refractivity contribution is -0.0593. The Hall–Kier alpha value is -4.09. The van der Waals surface area contributed by atoms with Crippen LogP contribution in [-0.4, -0.2) is 61.9 Å². The number of halogens is 2. The normalized spacial score (nSPS) is 20.8. The van der Waals surface area contributed by atoms with Crippen molar-refractivity contribution in [2.75, 3.05) is 13.2 Å². The fourth-order valence-corrected chi connectivity index (χ4v) is 5.51. The van der Waals surface area contributed by atoms with E-state index in [1.807, 2.05) is 0 Å². The number of hydrogen-bond donors (Lipinski definition) is 1. The summed E-state index contributed by atoms with van der Waals surface area (Å²) in [6.07, 6.45) is 4.33. The van der Waals surface area contributed by atoms with Gasteiger partial charge in [-0.25, -0.2) is 18.6 Å². The van der Waals surface area contributed by atoms with Crippen LogP contribution >= 0.6 is 0 Å². The fourth-order valence-electron chi connectivity index (χ4n) is 5.51. The molecule has 9 nitrogen and oxygen atoms in total. The molecular formula is C31H32F2N4O5. The third-order valence-corrected chi connectivity index (χ3v) is 7.92. The maximum absolute atomic E-state index is 13.9. The Kier molecular flexibility index (Phi) is 8.03. The van der Waals surface area contributed by atoms with Crippen LogP contribution in [0.5, 0.6) is 11.5 Å². The summed E-state index contributed by atoms with van der Waals surface area (Å²) in [4.78, 5) is 23.1. The van der Waals surface area contributed by atoms with Crippen molar-refractivity contribution in [2.45, 2.75) is 64.1 Å². The third-order valence-electron chi connectivity index (χ3n) is 7.92. The highest BCUT2D eigenvalue weighted by atomic mass is 19.1. The van der Waals surface area contributed by atoms with E-state index >= 15 is 0 Å². The van der Waals surface area contributed by atoms with E-state index in [-0.39, 0.29) is 36.2 Å². The molecule has 0 saturated carbocycles. The van der Waals surface area contributed by atoms with Crippen molar-refractivity contribution in [1.82, 2.24) is 19.4 Å². The standard InChI is InChI=1S/C31H32F2N4O5/c1-19-12-24(42-23-6-9-34-22(15-23)18-41-29-5-3-21(32)14-26(29)33)7-10-36(19)17-30-35-27-4-2-20(31(38)39)13-28(27)37(30)16-25-8-11-40-25/h2-6,9,13-15,19,24-25H,7-8,10-12,16-18H2,1H3,(H,38,39)/t19-,24-,25-/m0/s1. The molecule has 11 heteroatoms. The number of aromatic carboxylic acids is 1. The van der Waals surface area contributed by atoms with Crippen LogP contribution in [0.15, 0.2) is 54.7 Å². The fraction of sp³-hybridized carbons (Fsp3) is 0.387. The van der Waals surface area contributed by atoms with E-state index in [2.05, 4.69) is 21.4 Å². The van der Waals surface area contributed by atoms with Crippen molar-refractivity contribution < 1.29 is 32.9 Å². The maximum atomic E-state index is 13.9. The van der Waals surface area contributed by atoms with Crippen LogP contribution in [0.1, 0.15) is 48.1 Å². The highest BCUT2D eigenvalue weighted by molar-refractivity contribution is 5.92. The van der Waals surface area contributed by atoms with Gasteiger partial charge in [-0.15, -0.1) is 0 Å². The monoisotopic (exact) mass is 578 g/mol. The van der Waals surface area contributed by atoms with Crippen molar-refractivity contribution in [3.05, 3.63) is 83.4 Å². The van der Waals surface area contributed by atoms with E-state index in [0.717, 1.165) is 61.4 Å². The molecule has 2 saturated heterocycles.